The average molecular weight is 713 g/mol. The van der Waals surface area contributed by atoms with E-state index in [-0.39, 0.29) is 0 Å². The Morgan fingerprint density at radius 1 is 0.250 bits per heavy atom. The van der Waals surface area contributed by atoms with Crippen molar-refractivity contribution in [1.29, 1.82) is 0 Å². The van der Waals surface area contributed by atoms with Gasteiger partial charge in [0.15, 0.2) is 0 Å². The van der Waals surface area contributed by atoms with Gasteiger partial charge in [-0.2, -0.15) is 0 Å². The molecular formula is C54H32O2. The van der Waals surface area contributed by atoms with Crippen molar-refractivity contribution in [3.63, 3.8) is 0 Å². The summed E-state index contributed by atoms with van der Waals surface area (Å²) in [5.74, 6) is 0. The van der Waals surface area contributed by atoms with E-state index in [0.717, 1.165) is 66.1 Å². The molecule has 12 aromatic rings. The van der Waals surface area contributed by atoms with Crippen molar-refractivity contribution < 1.29 is 8.83 Å². The average Bonchev–Trinajstić information content (AvgIpc) is 3.84. The summed E-state index contributed by atoms with van der Waals surface area (Å²) < 4.78 is 13.3. The lowest BCUT2D eigenvalue weighted by atomic mass is 9.85. The highest BCUT2D eigenvalue weighted by molar-refractivity contribution is 6.22. The van der Waals surface area contributed by atoms with Crippen molar-refractivity contribution in [2.24, 2.45) is 0 Å². The number of benzene rings is 10. The summed E-state index contributed by atoms with van der Waals surface area (Å²) in [6.07, 6.45) is 0. The Labute approximate surface area is 322 Å². The van der Waals surface area contributed by atoms with Gasteiger partial charge in [-0.25, -0.2) is 0 Å². The van der Waals surface area contributed by atoms with E-state index < -0.39 is 0 Å². The smallest absolute Gasteiger partial charge is 0.143 e. The van der Waals surface area contributed by atoms with Crippen LogP contribution in [0, 0.1) is 0 Å². The van der Waals surface area contributed by atoms with Gasteiger partial charge in [0.05, 0.1) is 0 Å². The highest BCUT2D eigenvalue weighted by Crippen LogP contribution is 2.47. The predicted octanol–water partition coefficient (Wildman–Crippen LogP) is 15.6. The van der Waals surface area contributed by atoms with E-state index in [9.17, 15) is 0 Å². The van der Waals surface area contributed by atoms with Crippen LogP contribution in [0.25, 0.3) is 121 Å². The van der Waals surface area contributed by atoms with E-state index in [2.05, 4.69) is 182 Å². The zero-order chi connectivity index (χ0) is 36.7. The van der Waals surface area contributed by atoms with E-state index >= 15 is 0 Å². The van der Waals surface area contributed by atoms with Gasteiger partial charge >= 0.3 is 0 Å². The molecule has 0 aliphatic heterocycles. The molecule has 0 spiro atoms. The molecule has 0 saturated carbocycles. The maximum atomic E-state index is 6.64. The highest BCUT2D eigenvalue weighted by Gasteiger charge is 2.20. The zero-order valence-corrected chi connectivity index (χ0v) is 30.3. The third-order valence-corrected chi connectivity index (χ3v) is 11.7. The minimum atomic E-state index is 0.897. The molecule has 2 nitrogen and oxygen atoms in total. The Morgan fingerprint density at radius 3 is 1.27 bits per heavy atom. The predicted molar refractivity (Wildman–Crippen MR) is 235 cm³/mol. The second-order valence-corrected chi connectivity index (χ2v) is 14.8. The SMILES string of the molecule is c1ccc(-c2ccc3cc(-c4c5cccc(-c6cccc7c6oc6ccccc67)c5cc5c(-c6cccc7c6oc6ccccc67)cccc45)ccc3c2)cc1. The first-order valence-corrected chi connectivity index (χ1v) is 19.2. The Kier molecular flexibility index (Phi) is 6.66. The molecule has 2 heterocycles. The molecule has 12 rings (SSSR count). The van der Waals surface area contributed by atoms with Gasteiger partial charge in [-0.15, -0.1) is 0 Å². The summed E-state index contributed by atoms with van der Waals surface area (Å²) in [6.45, 7) is 0. The van der Waals surface area contributed by atoms with Gasteiger partial charge in [0.25, 0.3) is 0 Å². The summed E-state index contributed by atoms with van der Waals surface area (Å²) >= 11 is 0. The summed E-state index contributed by atoms with van der Waals surface area (Å²) in [7, 11) is 0. The minimum absolute atomic E-state index is 0.897. The van der Waals surface area contributed by atoms with Crippen LogP contribution >= 0.6 is 0 Å². The lowest BCUT2D eigenvalue weighted by Crippen LogP contribution is -1.91. The van der Waals surface area contributed by atoms with Crippen LogP contribution in [0.4, 0.5) is 0 Å². The fourth-order valence-corrected chi connectivity index (χ4v) is 9.08. The van der Waals surface area contributed by atoms with Crippen LogP contribution in [0.1, 0.15) is 0 Å². The molecule has 2 heteroatoms. The summed E-state index contributed by atoms with van der Waals surface area (Å²) in [5, 5.41) is 11.7. The number of furan rings is 2. The Hall–Kier alpha value is -7.42. The van der Waals surface area contributed by atoms with Crippen molar-refractivity contribution in [3.8, 4) is 44.5 Å². The van der Waals surface area contributed by atoms with Crippen molar-refractivity contribution in [1.82, 2.24) is 0 Å². The third-order valence-electron chi connectivity index (χ3n) is 11.7. The largest absolute Gasteiger partial charge is 0.455 e. The quantitative estimate of drug-likeness (QED) is 0.170. The minimum Gasteiger partial charge on any atom is -0.455 e. The second-order valence-electron chi connectivity index (χ2n) is 14.8. The van der Waals surface area contributed by atoms with E-state index in [1.807, 2.05) is 12.1 Å². The Bertz CT molecular complexity index is 3360. The molecule has 0 atom stereocenters. The molecule has 2 aromatic heterocycles. The number of rotatable bonds is 4. The van der Waals surface area contributed by atoms with Crippen LogP contribution in [0.3, 0.4) is 0 Å². The molecule has 10 aromatic carbocycles. The van der Waals surface area contributed by atoms with Gasteiger partial charge in [0.1, 0.15) is 22.3 Å². The Balaban J connectivity index is 1.17. The van der Waals surface area contributed by atoms with Crippen LogP contribution in [-0.2, 0) is 0 Å². The lowest BCUT2D eigenvalue weighted by Gasteiger charge is -2.18. The fraction of sp³-hybridized carbons (Fsp3) is 0. The van der Waals surface area contributed by atoms with E-state index in [4.69, 9.17) is 8.83 Å². The number of para-hydroxylation sites is 4. The van der Waals surface area contributed by atoms with Crippen molar-refractivity contribution in [2.75, 3.05) is 0 Å². The molecule has 260 valence electrons. The monoisotopic (exact) mass is 712 g/mol. The lowest BCUT2D eigenvalue weighted by molar-refractivity contribution is 0.669. The maximum Gasteiger partial charge on any atom is 0.143 e. The van der Waals surface area contributed by atoms with Crippen LogP contribution in [0.5, 0.6) is 0 Å². The summed E-state index contributed by atoms with van der Waals surface area (Å²) in [5.41, 5.74) is 12.9. The van der Waals surface area contributed by atoms with E-state index in [1.54, 1.807) is 0 Å². The second kappa shape index (κ2) is 12.0. The molecule has 0 radical (unpaired) electrons. The molecule has 0 saturated heterocycles. The van der Waals surface area contributed by atoms with Crippen LogP contribution in [-0.4, -0.2) is 0 Å². The fourth-order valence-electron chi connectivity index (χ4n) is 9.08. The maximum absolute atomic E-state index is 6.64. The summed E-state index contributed by atoms with van der Waals surface area (Å²) in [6, 6.07) is 69.9. The molecule has 0 aliphatic rings. The van der Waals surface area contributed by atoms with Gasteiger partial charge in [0.2, 0.25) is 0 Å². The van der Waals surface area contributed by atoms with Crippen molar-refractivity contribution >= 4 is 76.2 Å². The van der Waals surface area contributed by atoms with Gasteiger partial charge in [-0.1, -0.05) is 164 Å². The van der Waals surface area contributed by atoms with Crippen molar-refractivity contribution in [2.45, 2.75) is 0 Å². The molecule has 0 amide bonds. The first kappa shape index (κ1) is 31.0. The van der Waals surface area contributed by atoms with E-state index in [1.165, 1.54) is 54.6 Å². The number of hydrogen-bond donors (Lipinski definition) is 0. The number of fused-ring (bicyclic) bond motifs is 9. The molecule has 0 fully saturated rings. The number of hydrogen-bond acceptors (Lipinski definition) is 2. The van der Waals surface area contributed by atoms with Crippen LogP contribution in [0.2, 0.25) is 0 Å². The topological polar surface area (TPSA) is 26.3 Å². The Morgan fingerprint density at radius 2 is 0.696 bits per heavy atom. The van der Waals surface area contributed by atoms with Gasteiger partial charge in [-0.05, 0) is 96.0 Å². The van der Waals surface area contributed by atoms with E-state index in [0.29, 0.717) is 0 Å². The first-order chi connectivity index (χ1) is 27.8. The van der Waals surface area contributed by atoms with Crippen LogP contribution in [0.15, 0.2) is 203 Å². The highest BCUT2D eigenvalue weighted by atomic mass is 16.3. The molecule has 56 heavy (non-hydrogen) atoms. The standard InChI is InChI=1S/C54H32O2/c1-2-12-33(13-3-1)34-26-27-36-31-37(29-28-35(36)30-34)52-42-18-8-16-38(44-20-10-22-46-40-14-4-6-24-50(40)55-53(44)46)48(42)32-49-39(17-9-19-43(49)52)45-21-11-23-47-41-15-5-7-25-51(41)56-54(45)47/h1-32H. The van der Waals surface area contributed by atoms with Gasteiger partial charge < -0.3 is 8.83 Å². The van der Waals surface area contributed by atoms with Gasteiger partial charge in [-0.3, -0.25) is 0 Å². The molecule has 0 unspecified atom stereocenters. The van der Waals surface area contributed by atoms with Crippen LogP contribution < -0.4 is 0 Å². The molecular weight excluding hydrogens is 681 g/mol. The molecule has 0 N–H and O–H groups in total. The summed E-state index contributed by atoms with van der Waals surface area (Å²) in [4.78, 5) is 0. The zero-order valence-electron chi connectivity index (χ0n) is 30.3. The molecule has 0 aliphatic carbocycles. The van der Waals surface area contributed by atoms with Gasteiger partial charge in [0, 0.05) is 32.7 Å². The van der Waals surface area contributed by atoms with Crippen molar-refractivity contribution in [3.05, 3.63) is 194 Å². The first-order valence-electron chi connectivity index (χ1n) is 19.2. The molecule has 0 bridgehead atoms. The third kappa shape index (κ3) is 4.63. The normalized spacial score (nSPS) is 11.9.